The Morgan fingerprint density at radius 3 is 2.75 bits per heavy atom. The quantitative estimate of drug-likeness (QED) is 0.688. The van der Waals surface area contributed by atoms with Gasteiger partial charge in [0.25, 0.3) is 5.69 Å². The van der Waals surface area contributed by atoms with Crippen molar-refractivity contribution in [2.75, 3.05) is 12.4 Å². The average molecular weight is 295 g/mol. The molecule has 2 rings (SSSR count). The number of halogens is 1. The van der Waals surface area contributed by atoms with E-state index in [1.165, 1.54) is 24.5 Å². The summed E-state index contributed by atoms with van der Waals surface area (Å²) >= 11 is 5.96. The molecule has 0 unspecified atom stereocenters. The number of non-ortho nitro benzene ring substituents is 1. The summed E-state index contributed by atoms with van der Waals surface area (Å²) in [7, 11) is 1.73. The van der Waals surface area contributed by atoms with Gasteiger partial charge in [0, 0.05) is 19.2 Å². The van der Waals surface area contributed by atoms with Crippen LogP contribution in [0.15, 0.2) is 24.5 Å². The first-order valence-corrected chi connectivity index (χ1v) is 6.02. The topological polar surface area (TPSA) is 90.2 Å². The van der Waals surface area contributed by atoms with E-state index in [2.05, 4.69) is 15.3 Å². The molecule has 0 aliphatic carbocycles. The zero-order valence-corrected chi connectivity index (χ0v) is 11.5. The molecule has 0 amide bonds. The van der Waals surface area contributed by atoms with Gasteiger partial charge >= 0.3 is 0 Å². The van der Waals surface area contributed by atoms with Gasteiger partial charge in [0.1, 0.15) is 17.9 Å². The number of anilines is 1. The Morgan fingerprint density at radius 1 is 1.40 bits per heavy atom. The molecule has 20 heavy (non-hydrogen) atoms. The van der Waals surface area contributed by atoms with Crippen LogP contribution in [0.5, 0.6) is 11.6 Å². The molecular weight excluding hydrogens is 284 g/mol. The fourth-order valence-corrected chi connectivity index (χ4v) is 1.79. The molecule has 0 spiro atoms. The van der Waals surface area contributed by atoms with Crippen LogP contribution in [0.2, 0.25) is 5.02 Å². The summed E-state index contributed by atoms with van der Waals surface area (Å²) in [6.07, 6.45) is 1.35. The van der Waals surface area contributed by atoms with Crippen molar-refractivity contribution in [1.82, 2.24) is 9.97 Å². The largest absolute Gasteiger partial charge is 0.437 e. The van der Waals surface area contributed by atoms with Gasteiger partial charge < -0.3 is 10.1 Å². The van der Waals surface area contributed by atoms with Crippen LogP contribution in [0.1, 0.15) is 5.56 Å². The lowest BCUT2D eigenvalue weighted by Gasteiger charge is -2.10. The lowest BCUT2D eigenvalue weighted by atomic mass is 10.3. The van der Waals surface area contributed by atoms with E-state index in [0.29, 0.717) is 23.0 Å². The minimum Gasteiger partial charge on any atom is -0.437 e. The maximum Gasteiger partial charge on any atom is 0.271 e. The van der Waals surface area contributed by atoms with E-state index in [1.807, 2.05) is 0 Å². The molecule has 0 aliphatic rings. The van der Waals surface area contributed by atoms with E-state index in [4.69, 9.17) is 16.3 Å². The van der Waals surface area contributed by atoms with E-state index in [0.717, 1.165) is 0 Å². The van der Waals surface area contributed by atoms with Gasteiger partial charge in [0.15, 0.2) is 0 Å². The zero-order valence-electron chi connectivity index (χ0n) is 10.8. The highest BCUT2D eigenvalue weighted by atomic mass is 35.5. The molecule has 7 nitrogen and oxygen atoms in total. The predicted octanol–water partition coefficient (Wildman–Crippen LogP) is 3.18. The fraction of sp³-hybridized carbons (Fsp3) is 0.167. The molecule has 0 fully saturated rings. The molecule has 2 aromatic rings. The Balaban J connectivity index is 2.33. The number of benzene rings is 1. The first kappa shape index (κ1) is 14.0. The zero-order chi connectivity index (χ0) is 14.7. The summed E-state index contributed by atoms with van der Waals surface area (Å²) in [5, 5.41) is 13.7. The summed E-state index contributed by atoms with van der Waals surface area (Å²) in [4.78, 5) is 18.2. The van der Waals surface area contributed by atoms with Gasteiger partial charge in [0.05, 0.1) is 15.5 Å². The highest BCUT2D eigenvalue weighted by molar-refractivity contribution is 6.32. The number of nitro groups is 1. The van der Waals surface area contributed by atoms with Crippen molar-refractivity contribution in [2.24, 2.45) is 0 Å². The Labute approximate surface area is 119 Å². The Kier molecular flexibility index (Phi) is 3.99. The third-order valence-electron chi connectivity index (χ3n) is 2.61. The lowest BCUT2D eigenvalue weighted by molar-refractivity contribution is -0.384. The normalized spacial score (nSPS) is 10.2. The number of hydrogen-bond donors (Lipinski definition) is 1. The molecule has 1 N–H and O–H groups in total. The van der Waals surface area contributed by atoms with Crippen LogP contribution < -0.4 is 10.1 Å². The van der Waals surface area contributed by atoms with Gasteiger partial charge in [-0.15, -0.1) is 0 Å². The highest BCUT2D eigenvalue weighted by Crippen LogP contribution is 2.33. The molecule has 0 radical (unpaired) electrons. The number of nitrogens with zero attached hydrogens (tertiary/aromatic N) is 3. The number of nitrogens with one attached hydrogen (secondary N) is 1. The van der Waals surface area contributed by atoms with Gasteiger partial charge in [-0.2, -0.15) is 0 Å². The van der Waals surface area contributed by atoms with Gasteiger partial charge in [-0.1, -0.05) is 11.6 Å². The van der Waals surface area contributed by atoms with Crippen molar-refractivity contribution in [2.45, 2.75) is 6.92 Å². The summed E-state index contributed by atoms with van der Waals surface area (Å²) in [6.45, 7) is 1.79. The summed E-state index contributed by atoms with van der Waals surface area (Å²) in [5.74, 6) is 1.26. The Morgan fingerprint density at radius 2 is 2.15 bits per heavy atom. The van der Waals surface area contributed by atoms with Gasteiger partial charge in [-0.3, -0.25) is 10.1 Å². The summed E-state index contributed by atoms with van der Waals surface area (Å²) in [6, 6.07) is 3.98. The first-order chi connectivity index (χ1) is 9.52. The highest BCUT2D eigenvalue weighted by Gasteiger charge is 2.13. The van der Waals surface area contributed by atoms with Gasteiger partial charge in [-0.05, 0) is 13.0 Å². The van der Waals surface area contributed by atoms with E-state index < -0.39 is 4.92 Å². The molecular formula is C12H11ClN4O3. The van der Waals surface area contributed by atoms with E-state index >= 15 is 0 Å². The molecule has 8 heteroatoms. The van der Waals surface area contributed by atoms with Gasteiger partial charge in [0.2, 0.25) is 5.88 Å². The number of rotatable bonds is 4. The number of nitro benzene ring substituents is 1. The van der Waals surface area contributed by atoms with Crippen LogP contribution in [0.3, 0.4) is 0 Å². The Bertz CT molecular complexity index is 663. The van der Waals surface area contributed by atoms with Crippen LogP contribution in [0.4, 0.5) is 11.5 Å². The van der Waals surface area contributed by atoms with Gasteiger partial charge in [-0.25, -0.2) is 9.97 Å². The molecule has 104 valence electrons. The Hall–Kier alpha value is -2.41. The van der Waals surface area contributed by atoms with Crippen LogP contribution in [-0.2, 0) is 0 Å². The van der Waals surface area contributed by atoms with E-state index in [1.54, 1.807) is 14.0 Å². The fourth-order valence-electron chi connectivity index (χ4n) is 1.58. The molecule has 0 saturated carbocycles. The number of aromatic nitrogens is 2. The molecule has 0 atom stereocenters. The molecule has 0 aliphatic heterocycles. The second kappa shape index (κ2) is 5.70. The lowest BCUT2D eigenvalue weighted by Crippen LogP contribution is -2.00. The van der Waals surface area contributed by atoms with Crippen molar-refractivity contribution in [3.8, 4) is 11.6 Å². The van der Waals surface area contributed by atoms with Crippen molar-refractivity contribution in [3.63, 3.8) is 0 Å². The average Bonchev–Trinajstić information content (AvgIpc) is 2.43. The predicted molar refractivity (Wildman–Crippen MR) is 74.5 cm³/mol. The second-order valence-electron chi connectivity index (χ2n) is 3.88. The van der Waals surface area contributed by atoms with Crippen LogP contribution >= 0.6 is 11.6 Å². The maximum absolute atomic E-state index is 10.6. The number of ether oxygens (including phenoxy) is 1. The smallest absolute Gasteiger partial charge is 0.271 e. The van der Waals surface area contributed by atoms with Crippen molar-refractivity contribution in [1.29, 1.82) is 0 Å². The molecule has 1 heterocycles. The number of hydrogen-bond acceptors (Lipinski definition) is 6. The minimum absolute atomic E-state index is 0.0994. The SMILES string of the molecule is CNc1ncnc(Oc2ccc([N+](=O)[O-])cc2Cl)c1C. The standard InChI is InChI=1S/C12H11ClN4O3/c1-7-11(14-2)15-6-16-12(7)20-10-4-3-8(17(18)19)5-9(10)13/h3-6H,1-2H3,(H,14,15,16). The third kappa shape index (κ3) is 2.77. The second-order valence-corrected chi connectivity index (χ2v) is 4.28. The van der Waals surface area contributed by atoms with Crippen LogP contribution in [0.25, 0.3) is 0 Å². The molecule has 0 bridgehead atoms. The van der Waals surface area contributed by atoms with Crippen molar-refractivity contribution in [3.05, 3.63) is 45.2 Å². The van der Waals surface area contributed by atoms with Crippen LogP contribution in [0, 0.1) is 17.0 Å². The minimum atomic E-state index is -0.523. The summed E-state index contributed by atoms with van der Waals surface area (Å²) in [5.41, 5.74) is 0.613. The summed E-state index contributed by atoms with van der Waals surface area (Å²) < 4.78 is 5.57. The maximum atomic E-state index is 10.6. The molecule has 0 saturated heterocycles. The van der Waals surface area contributed by atoms with Crippen molar-refractivity contribution >= 4 is 23.1 Å². The third-order valence-corrected chi connectivity index (χ3v) is 2.90. The first-order valence-electron chi connectivity index (χ1n) is 5.64. The van der Waals surface area contributed by atoms with Crippen LogP contribution in [-0.4, -0.2) is 21.9 Å². The van der Waals surface area contributed by atoms with Crippen molar-refractivity contribution < 1.29 is 9.66 Å². The van der Waals surface area contributed by atoms with E-state index in [-0.39, 0.29) is 10.7 Å². The van der Waals surface area contributed by atoms with E-state index in [9.17, 15) is 10.1 Å². The monoisotopic (exact) mass is 294 g/mol. The molecule has 1 aromatic carbocycles. The molecule has 1 aromatic heterocycles.